The van der Waals surface area contributed by atoms with Gasteiger partial charge in [-0.1, -0.05) is 18.9 Å². The molecular formula is C17H24N2O7S3. The molecule has 12 heteroatoms. The number of hydrogen-bond acceptors (Lipinski definition) is 8. The van der Waals surface area contributed by atoms with Crippen LogP contribution in [0.2, 0.25) is 0 Å². The van der Waals surface area contributed by atoms with Crippen LogP contribution in [0.1, 0.15) is 32.1 Å². The average molecular weight is 465 g/mol. The molecule has 1 aliphatic heterocycles. The zero-order valence-electron chi connectivity index (χ0n) is 15.8. The van der Waals surface area contributed by atoms with E-state index in [-0.39, 0.29) is 21.8 Å². The van der Waals surface area contributed by atoms with Crippen LogP contribution in [0.3, 0.4) is 0 Å². The summed E-state index contributed by atoms with van der Waals surface area (Å²) in [7, 11) is -6.96. The SMILES string of the molecule is O=C(CNS(=O)(=O)c1cccs1)OCC(=O)N(C1CCCC1)C1CCS(=O)(=O)C1. The first kappa shape index (κ1) is 22.2. The molecule has 2 fully saturated rings. The van der Waals surface area contributed by atoms with Gasteiger partial charge < -0.3 is 9.64 Å². The van der Waals surface area contributed by atoms with Crippen LogP contribution in [0, 0.1) is 0 Å². The minimum Gasteiger partial charge on any atom is -0.455 e. The zero-order valence-corrected chi connectivity index (χ0v) is 18.2. The summed E-state index contributed by atoms with van der Waals surface area (Å²) in [4.78, 5) is 26.2. The number of carbonyl (C=O) groups excluding carboxylic acids is 2. The smallest absolute Gasteiger partial charge is 0.321 e. The molecule has 0 bridgehead atoms. The molecule has 1 N–H and O–H groups in total. The van der Waals surface area contributed by atoms with E-state index < -0.39 is 50.9 Å². The second kappa shape index (κ2) is 9.11. The summed E-state index contributed by atoms with van der Waals surface area (Å²) in [6.07, 6.45) is 3.93. The maximum atomic E-state index is 12.7. The molecule has 29 heavy (non-hydrogen) atoms. The number of nitrogens with zero attached hydrogens (tertiary/aromatic N) is 1. The number of rotatable bonds is 8. The van der Waals surface area contributed by atoms with Crippen molar-refractivity contribution in [3.05, 3.63) is 17.5 Å². The molecule has 2 heterocycles. The van der Waals surface area contributed by atoms with E-state index in [1.807, 2.05) is 0 Å². The van der Waals surface area contributed by atoms with E-state index in [1.54, 1.807) is 16.3 Å². The number of amides is 1. The highest BCUT2D eigenvalue weighted by Crippen LogP contribution is 2.29. The summed E-state index contributed by atoms with van der Waals surface area (Å²) in [6.45, 7) is -1.12. The van der Waals surface area contributed by atoms with Crippen molar-refractivity contribution in [1.29, 1.82) is 0 Å². The van der Waals surface area contributed by atoms with E-state index in [0.29, 0.717) is 6.42 Å². The molecule has 0 spiro atoms. The van der Waals surface area contributed by atoms with Crippen molar-refractivity contribution in [3.63, 3.8) is 0 Å². The highest BCUT2D eigenvalue weighted by atomic mass is 32.2. The summed E-state index contributed by atoms with van der Waals surface area (Å²) < 4.78 is 54.9. The monoisotopic (exact) mass is 464 g/mol. The van der Waals surface area contributed by atoms with Gasteiger partial charge in [-0.15, -0.1) is 11.3 Å². The van der Waals surface area contributed by atoms with E-state index >= 15 is 0 Å². The van der Waals surface area contributed by atoms with Gasteiger partial charge in [-0.3, -0.25) is 9.59 Å². The number of thiophene rings is 1. The number of esters is 1. The Morgan fingerprint density at radius 3 is 2.52 bits per heavy atom. The largest absolute Gasteiger partial charge is 0.455 e. The molecule has 1 aromatic rings. The highest BCUT2D eigenvalue weighted by Gasteiger charge is 2.39. The van der Waals surface area contributed by atoms with Crippen LogP contribution in [0.4, 0.5) is 0 Å². The lowest BCUT2D eigenvalue weighted by molar-refractivity contribution is -0.153. The topological polar surface area (TPSA) is 127 Å². The maximum absolute atomic E-state index is 12.7. The fourth-order valence-electron chi connectivity index (χ4n) is 3.79. The molecule has 1 atom stereocenters. The molecular weight excluding hydrogens is 440 g/mol. The van der Waals surface area contributed by atoms with Gasteiger partial charge in [0.1, 0.15) is 10.8 Å². The summed E-state index contributed by atoms with van der Waals surface area (Å²) >= 11 is 1.02. The van der Waals surface area contributed by atoms with E-state index in [9.17, 15) is 26.4 Å². The summed E-state index contributed by atoms with van der Waals surface area (Å²) in [5.74, 6) is -1.32. The number of sulfonamides is 1. The van der Waals surface area contributed by atoms with Crippen molar-refractivity contribution in [2.75, 3.05) is 24.7 Å². The van der Waals surface area contributed by atoms with E-state index in [1.165, 1.54) is 6.07 Å². The fourth-order valence-corrected chi connectivity index (χ4v) is 7.51. The van der Waals surface area contributed by atoms with Gasteiger partial charge in [0, 0.05) is 12.1 Å². The average Bonchev–Trinajstić information content (AvgIpc) is 3.41. The van der Waals surface area contributed by atoms with Crippen molar-refractivity contribution in [2.45, 2.75) is 48.4 Å². The predicted octanol–water partition coefficient (Wildman–Crippen LogP) is 0.528. The third-order valence-electron chi connectivity index (χ3n) is 5.13. The van der Waals surface area contributed by atoms with Crippen molar-refractivity contribution in [1.82, 2.24) is 9.62 Å². The molecule has 0 radical (unpaired) electrons. The molecule has 3 rings (SSSR count). The van der Waals surface area contributed by atoms with Crippen LogP contribution in [-0.2, 0) is 34.2 Å². The lowest BCUT2D eigenvalue weighted by Crippen LogP contribution is -2.48. The van der Waals surface area contributed by atoms with Gasteiger partial charge in [-0.2, -0.15) is 4.72 Å². The van der Waals surface area contributed by atoms with Crippen LogP contribution in [0.5, 0.6) is 0 Å². The first-order chi connectivity index (χ1) is 13.7. The van der Waals surface area contributed by atoms with Crippen LogP contribution in [-0.4, -0.2) is 70.4 Å². The maximum Gasteiger partial charge on any atom is 0.321 e. The molecule has 9 nitrogen and oxygen atoms in total. The molecule has 1 aliphatic carbocycles. The molecule has 2 aliphatic rings. The molecule has 0 aromatic carbocycles. The summed E-state index contributed by atoms with van der Waals surface area (Å²) in [6, 6.07) is 2.55. The normalized spacial score (nSPS) is 21.9. The Kier molecular flexibility index (Phi) is 6.97. The molecule has 1 amide bonds. The molecule has 1 saturated heterocycles. The Morgan fingerprint density at radius 2 is 1.93 bits per heavy atom. The van der Waals surface area contributed by atoms with Crippen LogP contribution in [0.25, 0.3) is 0 Å². The van der Waals surface area contributed by atoms with Gasteiger partial charge in [-0.05, 0) is 30.7 Å². The van der Waals surface area contributed by atoms with Gasteiger partial charge >= 0.3 is 5.97 Å². The molecule has 1 aromatic heterocycles. The Morgan fingerprint density at radius 1 is 1.21 bits per heavy atom. The van der Waals surface area contributed by atoms with Crippen LogP contribution >= 0.6 is 11.3 Å². The Labute approximate surface area is 174 Å². The standard InChI is InChI=1S/C17H24N2O7S3/c20-15(11-26-16(21)10-18-29(24,25)17-6-3-8-27-17)19(13-4-1-2-5-13)14-7-9-28(22,23)12-14/h3,6,8,13-14,18H,1-2,4-5,7,9-12H2. The number of nitrogens with one attached hydrogen (secondary N) is 1. The Bertz CT molecular complexity index is 936. The quantitative estimate of drug-likeness (QED) is 0.556. The van der Waals surface area contributed by atoms with Gasteiger partial charge in [0.05, 0.1) is 11.5 Å². The zero-order chi connectivity index (χ0) is 21.1. The number of carbonyl (C=O) groups is 2. The fraction of sp³-hybridized carbons (Fsp3) is 0.647. The third-order valence-corrected chi connectivity index (χ3v) is 9.68. The van der Waals surface area contributed by atoms with E-state index in [0.717, 1.165) is 37.0 Å². The lowest BCUT2D eigenvalue weighted by Gasteiger charge is -2.33. The van der Waals surface area contributed by atoms with Crippen molar-refractivity contribution >= 4 is 43.1 Å². The minimum atomic E-state index is -3.80. The number of hydrogen-bond donors (Lipinski definition) is 1. The summed E-state index contributed by atoms with van der Waals surface area (Å²) in [5, 5.41) is 1.60. The second-order valence-corrected chi connectivity index (χ2v) is 12.4. The number of sulfone groups is 1. The molecule has 1 unspecified atom stereocenters. The van der Waals surface area contributed by atoms with E-state index in [4.69, 9.17) is 4.74 Å². The number of ether oxygens (including phenoxy) is 1. The second-order valence-electron chi connectivity index (χ2n) is 7.21. The van der Waals surface area contributed by atoms with Crippen molar-refractivity contribution in [2.24, 2.45) is 0 Å². The predicted molar refractivity (Wildman–Crippen MR) is 107 cm³/mol. The van der Waals surface area contributed by atoms with Gasteiger partial charge in [-0.25, -0.2) is 16.8 Å². The molecule has 1 saturated carbocycles. The first-order valence-corrected chi connectivity index (χ1v) is 13.6. The van der Waals surface area contributed by atoms with Crippen LogP contribution < -0.4 is 4.72 Å². The highest BCUT2D eigenvalue weighted by molar-refractivity contribution is 7.91. The van der Waals surface area contributed by atoms with Gasteiger partial charge in [0.15, 0.2) is 16.4 Å². The first-order valence-electron chi connectivity index (χ1n) is 9.38. The van der Waals surface area contributed by atoms with Gasteiger partial charge in [0.2, 0.25) is 0 Å². The summed E-state index contributed by atoms with van der Waals surface area (Å²) in [5.41, 5.74) is 0. The van der Waals surface area contributed by atoms with E-state index in [2.05, 4.69) is 4.72 Å². The van der Waals surface area contributed by atoms with Gasteiger partial charge in [0.25, 0.3) is 15.9 Å². The third kappa shape index (κ3) is 5.77. The van der Waals surface area contributed by atoms with Crippen LogP contribution in [0.15, 0.2) is 21.7 Å². The lowest BCUT2D eigenvalue weighted by atomic mass is 10.1. The molecule has 162 valence electrons. The van der Waals surface area contributed by atoms with Crippen molar-refractivity contribution < 1.29 is 31.2 Å². The Balaban J connectivity index is 1.55. The Hall–Kier alpha value is -1.50. The van der Waals surface area contributed by atoms with Crippen molar-refractivity contribution in [3.8, 4) is 0 Å². The minimum absolute atomic E-state index is 0.0446.